The summed E-state index contributed by atoms with van der Waals surface area (Å²) in [4.78, 5) is 17.0. The highest BCUT2D eigenvalue weighted by Gasteiger charge is 2.27. The summed E-state index contributed by atoms with van der Waals surface area (Å²) in [6, 6.07) is 15.1. The smallest absolute Gasteiger partial charge is 0.256 e. The minimum absolute atomic E-state index is 0.120. The molecule has 1 heterocycles. The maximum absolute atomic E-state index is 12.4. The summed E-state index contributed by atoms with van der Waals surface area (Å²) in [5, 5.41) is 10.2. The molecule has 6 heteroatoms. The van der Waals surface area contributed by atoms with E-state index >= 15 is 0 Å². The van der Waals surface area contributed by atoms with Crippen molar-refractivity contribution in [3.63, 3.8) is 0 Å². The summed E-state index contributed by atoms with van der Waals surface area (Å²) >= 11 is 2.16. The zero-order valence-electron chi connectivity index (χ0n) is 12.8. The fourth-order valence-electron chi connectivity index (χ4n) is 2.52. The van der Waals surface area contributed by atoms with Gasteiger partial charge in [0.05, 0.1) is 5.56 Å². The van der Waals surface area contributed by atoms with Crippen LogP contribution in [0.1, 0.15) is 34.9 Å². The van der Waals surface area contributed by atoms with Gasteiger partial charge in [0.25, 0.3) is 5.91 Å². The molecule has 1 aliphatic carbocycles. The van der Waals surface area contributed by atoms with Crippen molar-refractivity contribution in [3.8, 4) is 11.4 Å². The number of hydrogen-bond donors (Lipinski definition) is 2. The average molecular weight is 430 g/mol. The Morgan fingerprint density at radius 1 is 1.17 bits per heavy atom. The van der Waals surface area contributed by atoms with Gasteiger partial charge >= 0.3 is 0 Å². The summed E-state index contributed by atoms with van der Waals surface area (Å²) in [6.45, 7) is 0. The SMILES string of the molecule is O=C(Nc1cccc(-c2n[nH]c(C3CC3)n2)c1)c1ccccc1I. The molecule has 1 saturated carbocycles. The Morgan fingerprint density at radius 3 is 2.79 bits per heavy atom. The van der Waals surface area contributed by atoms with Crippen LogP contribution < -0.4 is 5.32 Å². The Kier molecular flexibility index (Phi) is 4.05. The van der Waals surface area contributed by atoms with Gasteiger partial charge in [-0.05, 0) is 59.7 Å². The second kappa shape index (κ2) is 6.35. The van der Waals surface area contributed by atoms with E-state index in [9.17, 15) is 4.79 Å². The molecule has 1 aromatic heterocycles. The van der Waals surface area contributed by atoms with Crippen molar-refractivity contribution in [3.05, 3.63) is 63.5 Å². The summed E-state index contributed by atoms with van der Waals surface area (Å²) in [7, 11) is 0. The Hall–Kier alpha value is -2.22. The van der Waals surface area contributed by atoms with Gasteiger partial charge in [0, 0.05) is 20.7 Å². The first kappa shape index (κ1) is 15.3. The second-order valence-electron chi connectivity index (χ2n) is 5.83. The lowest BCUT2D eigenvalue weighted by atomic mass is 10.1. The number of carbonyl (C=O) groups excluding carboxylic acids is 1. The van der Waals surface area contributed by atoms with Crippen molar-refractivity contribution in [1.82, 2.24) is 15.2 Å². The number of halogens is 1. The number of H-pyrrole nitrogens is 1. The molecule has 0 spiro atoms. The van der Waals surface area contributed by atoms with Crippen molar-refractivity contribution in [2.24, 2.45) is 0 Å². The van der Waals surface area contributed by atoms with Crippen molar-refractivity contribution >= 4 is 34.2 Å². The van der Waals surface area contributed by atoms with Crippen molar-refractivity contribution in [2.45, 2.75) is 18.8 Å². The molecule has 0 saturated heterocycles. The van der Waals surface area contributed by atoms with E-state index in [1.165, 1.54) is 12.8 Å². The van der Waals surface area contributed by atoms with E-state index in [1.54, 1.807) is 0 Å². The fraction of sp³-hybridized carbons (Fsp3) is 0.167. The van der Waals surface area contributed by atoms with Gasteiger partial charge in [-0.1, -0.05) is 24.3 Å². The molecule has 4 rings (SSSR count). The van der Waals surface area contributed by atoms with Gasteiger partial charge in [0.15, 0.2) is 5.82 Å². The first-order valence-electron chi connectivity index (χ1n) is 7.79. The van der Waals surface area contributed by atoms with E-state index in [2.05, 4.69) is 43.1 Å². The van der Waals surface area contributed by atoms with Crippen LogP contribution in [0.25, 0.3) is 11.4 Å². The van der Waals surface area contributed by atoms with Gasteiger partial charge in [0.2, 0.25) is 0 Å². The van der Waals surface area contributed by atoms with E-state index in [0.29, 0.717) is 17.3 Å². The van der Waals surface area contributed by atoms with Gasteiger partial charge in [-0.3, -0.25) is 9.89 Å². The van der Waals surface area contributed by atoms with Crippen LogP contribution in [0.4, 0.5) is 5.69 Å². The molecule has 0 unspecified atom stereocenters. The van der Waals surface area contributed by atoms with Crippen LogP contribution in [0.2, 0.25) is 0 Å². The zero-order chi connectivity index (χ0) is 16.5. The number of nitrogens with zero attached hydrogens (tertiary/aromatic N) is 2. The Morgan fingerprint density at radius 2 is 2.00 bits per heavy atom. The van der Waals surface area contributed by atoms with E-state index < -0.39 is 0 Å². The summed E-state index contributed by atoms with van der Waals surface area (Å²) in [5.41, 5.74) is 2.28. The van der Waals surface area contributed by atoms with Crippen LogP contribution in [0.5, 0.6) is 0 Å². The van der Waals surface area contributed by atoms with Gasteiger partial charge in [-0.25, -0.2) is 4.98 Å². The molecular weight excluding hydrogens is 415 g/mol. The van der Waals surface area contributed by atoms with Gasteiger partial charge < -0.3 is 5.32 Å². The maximum atomic E-state index is 12.4. The third-order valence-electron chi connectivity index (χ3n) is 3.96. The molecule has 2 N–H and O–H groups in total. The number of nitrogens with one attached hydrogen (secondary N) is 2. The predicted octanol–water partition coefficient (Wildman–Crippen LogP) is 4.21. The number of carbonyl (C=O) groups is 1. The molecule has 2 aromatic carbocycles. The number of amides is 1. The molecule has 0 bridgehead atoms. The largest absolute Gasteiger partial charge is 0.322 e. The lowest BCUT2D eigenvalue weighted by Gasteiger charge is -2.07. The number of aromatic nitrogens is 3. The number of rotatable bonds is 4. The highest BCUT2D eigenvalue weighted by molar-refractivity contribution is 14.1. The molecule has 0 aliphatic heterocycles. The molecule has 1 aliphatic rings. The zero-order valence-corrected chi connectivity index (χ0v) is 14.9. The van der Waals surface area contributed by atoms with Crippen LogP contribution in [0, 0.1) is 3.57 Å². The third kappa shape index (κ3) is 3.19. The molecule has 5 nitrogen and oxygen atoms in total. The van der Waals surface area contributed by atoms with E-state index in [4.69, 9.17) is 0 Å². The van der Waals surface area contributed by atoms with Gasteiger partial charge in [0.1, 0.15) is 5.82 Å². The van der Waals surface area contributed by atoms with Crippen LogP contribution in [0.3, 0.4) is 0 Å². The highest BCUT2D eigenvalue weighted by atomic mass is 127. The van der Waals surface area contributed by atoms with Crippen molar-refractivity contribution in [2.75, 3.05) is 5.32 Å². The standard InChI is InChI=1S/C18H15IN4O/c19-15-7-2-1-6-14(15)18(24)20-13-5-3-4-12(10-13)17-21-16(22-23-17)11-8-9-11/h1-7,10-11H,8-9H2,(H,20,24)(H,21,22,23). The van der Waals surface area contributed by atoms with Crippen molar-refractivity contribution in [1.29, 1.82) is 0 Å². The number of benzene rings is 2. The fourth-order valence-corrected chi connectivity index (χ4v) is 3.15. The lowest BCUT2D eigenvalue weighted by molar-refractivity contribution is 0.102. The highest BCUT2D eigenvalue weighted by Crippen LogP contribution is 2.38. The first-order chi connectivity index (χ1) is 11.7. The molecule has 1 fully saturated rings. The maximum Gasteiger partial charge on any atom is 0.256 e. The first-order valence-corrected chi connectivity index (χ1v) is 8.87. The minimum Gasteiger partial charge on any atom is -0.322 e. The molecule has 3 aromatic rings. The molecular formula is C18H15IN4O. The topological polar surface area (TPSA) is 70.7 Å². The molecule has 0 radical (unpaired) electrons. The predicted molar refractivity (Wildman–Crippen MR) is 101 cm³/mol. The van der Waals surface area contributed by atoms with E-state index in [-0.39, 0.29) is 5.91 Å². The summed E-state index contributed by atoms with van der Waals surface area (Å²) in [6.07, 6.45) is 2.36. The normalized spacial score (nSPS) is 13.7. The van der Waals surface area contributed by atoms with E-state index in [0.717, 1.165) is 20.6 Å². The van der Waals surface area contributed by atoms with Gasteiger partial charge in [-0.15, -0.1) is 0 Å². The second-order valence-corrected chi connectivity index (χ2v) is 7.00. The Labute approximate surface area is 153 Å². The Bertz CT molecular complexity index is 901. The number of aromatic amines is 1. The van der Waals surface area contributed by atoms with Crippen LogP contribution in [-0.2, 0) is 0 Å². The van der Waals surface area contributed by atoms with Crippen LogP contribution in [0.15, 0.2) is 48.5 Å². The van der Waals surface area contributed by atoms with E-state index in [1.807, 2.05) is 48.5 Å². The molecule has 24 heavy (non-hydrogen) atoms. The monoisotopic (exact) mass is 430 g/mol. The summed E-state index contributed by atoms with van der Waals surface area (Å²) < 4.78 is 0.923. The summed E-state index contributed by atoms with van der Waals surface area (Å²) in [5.74, 6) is 2.04. The van der Waals surface area contributed by atoms with Crippen LogP contribution in [-0.4, -0.2) is 21.1 Å². The van der Waals surface area contributed by atoms with Gasteiger partial charge in [-0.2, -0.15) is 5.10 Å². The average Bonchev–Trinajstić information content (AvgIpc) is 3.32. The lowest BCUT2D eigenvalue weighted by Crippen LogP contribution is -2.13. The molecule has 1 amide bonds. The number of hydrogen-bond acceptors (Lipinski definition) is 3. The quantitative estimate of drug-likeness (QED) is 0.610. The number of anilines is 1. The minimum atomic E-state index is -0.120. The van der Waals surface area contributed by atoms with Crippen molar-refractivity contribution < 1.29 is 4.79 Å². The Balaban J connectivity index is 1.56. The van der Waals surface area contributed by atoms with Crippen LogP contribution >= 0.6 is 22.6 Å². The molecule has 0 atom stereocenters. The third-order valence-corrected chi connectivity index (χ3v) is 4.90. The molecule has 120 valence electrons.